The second-order valence-corrected chi connectivity index (χ2v) is 9.84. The molecular weight excluding hydrogens is 400 g/mol. The third-order valence-electron chi connectivity index (χ3n) is 7.08. The fraction of sp³-hybridized carbons (Fsp3) is 0.500. The molecule has 1 atom stereocenters. The first kappa shape index (κ1) is 22.6. The lowest BCUT2D eigenvalue weighted by Gasteiger charge is -2.32. The molecule has 0 saturated heterocycles. The number of rotatable bonds is 6. The summed E-state index contributed by atoms with van der Waals surface area (Å²) in [4.78, 5) is 25.1. The molecule has 0 spiro atoms. The molecule has 0 heterocycles. The Morgan fingerprint density at radius 1 is 1.12 bits per heavy atom. The van der Waals surface area contributed by atoms with Gasteiger partial charge in [0.1, 0.15) is 11.7 Å². The molecule has 1 unspecified atom stereocenters. The molecule has 4 rings (SSSR count). The van der Waals surface area contributed by atoms with Crippen molar-refractivity contribution in [3.63, 3.8) is 0 Å². The molecule has 2 aliphatic rings. The van der Waals surface area contributed by atoms with Crippen LogP contribution in [-0.2, 0) is 31.1 Å². The zero-order chi connectivity index (χ0) is 22.9. The van der Waals surface area contributed by atoms with Crippen molar-refractivity contribution in [1.82, 2.24) is 0 Å². The molecule has 0 radical (unpaired) electrons. The summed E-state index contributed by atoms with van der Waals surface area (Å²) in [6.07, 6.45) is 8.84. The maximum Gasteiger partial charge on any atom is 0.309 e. The lowest BCUT2D eigenvalue weighted by molar-refractivity contribution is -0.166. The molecule has 4 nitrogen and oxygen atoms in total. The molecule has 2 aromatic carbocycles. The summed E-state index contributed by atoms with van der Waals surface area (Å²) in [7, 11) is 0. The van der Waals surface area contributed by atoms with Gasteiger partial charge in [0.05, 0.1) is 11.8 Å². The molecule has 2 aliphatic carbocycles. The summed E-state index contributed by atoms with van der Waals surface area (Å²) in [5.41, 5.74) is 2.82. The minimum atomic E-state index is -0.719. The molecule has 2 aromatic rings. The molecule has 170 valence electrons. The van der Waals surface area contributed by atoms with Gasteiger partial charge in [-0.05, 0) is 92.0 Å². The van der Waals surface area contributed by atoms with E-state index in [-0.39, 0.29) is 29.9 Å². The van der Waals surface area contributed by atoms with E-state index >= 15 is 0 Å². The lowest BCUT2D eigenvalue weighted by atomic mass is 9.86. The van der Waals surface area contributed by atoms with Crippen molar-refractivity contribution in [2.24, 2.45) is 11.8 Å². The third-order valence-corrected chi connectivity index (χ3v) is 7.08. The Kier molecular flexibility index (Phi) is 6.41. The van der Waals surface area contributed by atoms with E-state index in [9.17, 15) is 9.59 Å². The fourth-order valence-corrected chi connectivity index (χ4v) is 4.76. The summed E-state index contributed by atoms with van der Waals surface area (Å²) < 4.78 is 11.7. The average molecular weight is 435 g/mol. The number of hydrogen-bond acceptors (Lipinski definition) is 4. The Labute approximate surface area is 191 Å². The Hall–Kier alpha value is -2.62. The zero-order valence-electron chi connectivity index (χ0n) is 19.6. The average Bonchev–Trinajstić information content (AvgIpc) is 2.79. The Morgan fingerprint density at radius 2 is 1.88 bits per heavy atom. The Balaban J connectivity index is 1.42. The van der Waals surface area contributed by atoms with Crippen LogP contribution in [0.3, 0.4) is 0 Å². The highest BCUT2D eigenvalue weighted by molar-refractivity contribution is 5.95. The van der Waals surface area contributed by atoms with Gasteiger partial charge in [-0.1, -0.05) is 44.2 Å². The topological polar surface area (TPSA) is 52.6 Å². The summed E-state index contributed by atoms with van der Waals surface area (Å²) in [5.74, 6) is -0.494. The smallest absolute Gasteiger partial charge is 0.309 e. The fourth-order valence-electron chi connectivity index (χ4n) is 4.76. The van der Waals surface area contributed by atoms with E-state index in [0.29, 0.717) is 12.8 Å². The highest BCUT2D eigenvalue weighted by atomic mass is 16.6. The van der Waals surface area contributed by atoms with Gasteiger partial charge in [-0.25, -0.2) is 0 Å². The van der Waals surface area contributed by atoms with E-state index in [4.69, 9.17) is 9.47 Å². The Morgan fingerprint density at radius 3 is 2.59 bits per heavy atom. The van der Waals surface area contributed by atoms with Crippen molar-refractivity contribution >= 4 is 28.8 Å². The van der Waals surface area contributed by atoms with Crippen LogP contribution in [0.2, 0.25) is 0 Å². The standard InChI is InChI=1S/C28H34O4/c1-5-18(2)26(29)31-24-14-12-20(13-15-24)27(30)32-28(3,4)23-16-21-10-6-8-19-9-7-11-22(17-23)25(19)21/h6-8,10-11,16-18,20,24H,5,9,12-15H2,1-4H3. The minimum Gasteiger partial charge on any atom is -0.462 e. The summed E-state index contributed by atoms with van der Waals surface area (Å²) in [5, 5.41) is 2.48. The highest BCUT2D eigenvalue weighted by Crippen LogP contribution is 2.36. The maximum absolute atomic E-state index is 13.0. The minimum absolute atomic E-state index is 0.0726. The predicted molar refractivity (Wildman–Crippen MR) is 127 cm³/mol. The van der Waals surface area contributed by atoms with E-state index < -0.39 is 5.60 Å². The van der Waals surface area contributed by atoms with E-state index in [1.165, 1.54) is 21.9 Å². The van der Waals surface area contributed by atoms with Crippen molar-refractivity contribution in [3.8, 4) is 0 Å². The number of esters is 2. The van der Waals surface area contributed by atoms with Crippen LogP contribution in [0.15, 0.2) is 36.4 Å². The summed E-state index contributed by atoms with van der Waals surface area (Å²) in [6, 6.07) is 10.7. The molecule has 0 amide bonds. The van der Waals surface area contributed by atoms with Gasteiger partial charge in [-0.2, -0.15) is 0 Å². The highest BCUT2D eigenvalue weighted by Gasteiger charge is 2.34. The number of ether oxygens (including phenoxy) is 2. The molecule has 0 aliphatic heterocycles. The third kappa shape index (κ3) is 4.60. The first-order valence-corrected chi connectivity index (χ1v) is 11.9. The van der Waals surface area contributed by atoms with Crippen molar-refractivity contribution in [1.29, 1.82) is 0 Å². The van der Waals surface area contributed by atoms with Gasteiger partial charge in [0, 0.05) is 0 Å². The second-order valence-electron chi connectivity index (χ2n) is 9.84. The van der Waals surface area contributed by atoms with Crippen molar-refractivity contribution < 1.29 is 19.1 Å². The van der Waals surface area contributed by atoms with Crippen LogP contribution in [0.5, 0.6) is 0 Å². The van der Waals surface area contributed by atoms with Crippen LogP contribution in [0.4, 0.5) is 0 Å². The van der Waals surface area contributed by atoms with Gasteiger partial charge in [0.15, 0.2) is 0 Å². The van der Waals surface area contributed by atoms with E-state index in [1.807, 2.05) is 27.7 Å². The number of carbonyl (C=O) groups is 2. The van der Waals surface area contributed by atoms with E-state index in [1.54, 1.807) is 0 Å². The molecular formula is C28H34O4. The molecule has 1 saturated carbocycles. The monoisotopic (exact) mass is 434 g/mol. The SMILES string of the molecule is CCC(C)C(=O)OC1CCC(C(=O)OC(C)(C)c2cc3c4c(cccc4c2)CC=C3)CC1. The van der Waals surface area contributed by atoms with Crippen molar-refractivity contribution in [3.05, 3.63) is 53.1 Å². The number of hydrogen-bond donors (Lipinski definition) is 0. The van der Waals surface area contributed by atoms with Crippen LogP contribution in [0, 0.1) is 11.8 Å². The van der Waals surface area contributed by atoms with Gasteiger partial charge in [-0.15, -0.1) is 0 Å². The normalized spacial score (nSPS) is 21.2. The van der Waals surface area contributed by atoms with Crippen LogP contribution in [-0.4, -0.2) is 18.0 Å². The lowest BCUT2D eigenvalue weighted by Crippen LogP contribution is -2.34. The molecule has 1 fully saturated rings. The van der Waals surface area contributed by atoms with Crippen LogP contribution < -0.4 is 0 Å². The first-order valence-electron chi connectivity index (χ1n) is 11.9. The van der Waals surface area contributed by atoms with Crippen molar-refractivity contribution in [2.45, 2.75) is 77.9 Å². The van der Waals surface area contributed by atoms with Gasteiger partial charge in [0.2, 0.25) is 0 Å². The Bertz CT molecular complexity index is 1040. The van der Waals surface area contributed by atoms with Crippen LogP contribution >= 0.6 is 0 Å². The summed E-state index contributed by atoms with van der Waals surface area (Å²) >= 11 is 0. The first-order chi connectivity index (χ1) is 15.3. The van der Waals surface area contributed by atoms with Gasteiger partial charge >= 0.3 is 11.9 Å². The van der Waals surface area contributed by atoms with Gasteiger partial charge < -0.3 is 9.47 Å². The largest absolute Gasteiger partial charge is 0.462 e. The second kappa shape index (κ2) is 9.09. The van der Waals surface area contributed by atoms with E-state index in [0.717, 1.165) is 31.2 Å². The van der Waals surface area contributed by atoms with Crippen molar-refractivity contribution in [2.75, 3.05) is 0 Å². The molecule has 0 N–H and O–H groups in total. The van der Waals surface area contributed by atoms with Crippen LogP contribution in [0.1, 0.15) is 76.5 Å². The summed E-state index contributed by atoms with van der Waals surface area (Å²) in [6.45, 7) is 7.81. The molecule has 0 bridgehead atoms. The zero-order valence-corrected chi connectivity index (χ0v) is 19.6. The number of benzene rings is 2. The van der Waals surface area contributed by atoms with Gasteiger partial charge in [0.25, 0.3) is 0 Å². The maximum atomic E-state index is 13.0. The molecule has 4 heteroatoms. The molecule has 0 aromatic heterocycles. The molecule has 32 heavy (non-hydrogen) atoms. The number of allylic oxidation sites excluding steroid dienone is 1. The number of carbonyl (C=O) groups excluding carboxylic acids is 2. The quantitative estimate of drug-likeness (QED) is 0.498. The van der Waals surface area contributed by atoms with Crippen LogP contribution in [0.25, 0.3) is 16.8 Å². The van der Waals surface area contributed by atoms with Gasteiger partial charge in [-0.3, -0.25) is 9.59 Å². The predicted octanol–water partition coefficient (Wildman–Crippen LogP) is 6.34. The van der Waals surface area contributed by atoms with E-state index in [2.05, 4.69) is 42.5 Å².